The Balaban J connectivity index is 1.95. The highest BCUT2D eigenvalue weighted by molar-refractivity contribution is 5.94. The minimum atomic E-state index is -0.803. The van der Waals surface area contributed by atoms with E-state index in [1.54, 1.807) is 31.2 Å². The number of amides is 2. The van der Waals surface area contributed by atoms with Crippen LogP contribution >= 0.6 is 0 Å². The maximum Gasteiger partial charge on any atom is 0.338 e. The summed E-state index contributed by atoms with van der Waals surface area (Å²) in [7, 11) is 1.25. The minimum Gasteiger partial charge on any atom is -0.466 e. The monoisotopic (exact) mass is 357 g/mol. The Morgan fingerprint density at radius 3 is 2.54 bits per heavy atom. The molecule has 2 heterocycles. The van der Waals surface area contributed by atoms with Crippen molar-refractivity contribution < 1.29 is 23.7 Å². The Bertz CT molecular complexity index is 913. The Morgan fingerprint density at radius 2 is 1.92 bits per heavy atom. The second-order valence-electron chi connectivity index (χ2n) is 5.57. The van der Waals surface area contributed by atoms with Crippen molar-refractivity contribution in [3.05, 3.63) is 63.5 Å². The number of hydrogen-bond acceptors (Lipinski definition) is 6. The molecule has 9 nitrogen and oxygen atoms in total. The summed E-state index contributed by atoms with van der Waals surface area (Å²) in [4.78, 5) is 34.1. The molecular formula is C17H15N3O6. The van der Waals surface area contributed by atoms with Gasteiger partial charge in [0.05, 0.1) is 17.6 Å². The third-order valence-corrected chi connectivity index (χ3v) is 3.95. The van der Waals surface area contributed by atoms with Crippen molar-refractivity contribution in [2.75, 3.05) is 7.11 Å². The number of rotatable bonds is 4. The fraction of sp³-hybridized carbons (Fsp3) is 0.176. The molecule has 0 fully saturated rings. The lowest BCUT2D eigenvalue weighted by molar-refractivity contribution is -0.384. The quantitative estimate of drug-likeness (QED) is 0.492. The fourth-order valence-corrected chi connectivity index (χ4v) is 2.70. The van der Waals surface area contributed by atoms with E-state index >= 15 is 0 Å². The van der Waals surface area contributed by atoms with E-state index in [9.17, 15) is 19.7 Å². The molecule has 2 amide bonds. The number of allylic oxidation sites excluding steroid dienone is 1. The number of esters is 1. The molecule has 2 N–H and O–H groups in total. The van der Waals surface area contributed by atoms with Gasteiger partial charge in [-0.3, -0.25) is 10.1 Å². The van der Waals surface area contributed by atoms with Crippen LogP contribution in [0.3, 0.4) is 0 Å². The van der Waals surface area contributed by atoms with Gasteiger partial charge in [0.25, 0.3) is 5.69 Å². The molecule has 0 saturated carbocycles. The van der Waals surface area contributed by atoms with E-state index in [-0.39, 0.29) is 11.3 Å². The van der Waals surface area contributed by atoms with Gasteiger partial charge in [-0.25, -0.2) is 9.59 Å². The number of ether oxygens (including phenoxy) is 1. The third-order valence-electron chi connectivity index (χ3n) is 3.95. The van der Waals surface area contributed by atoms with Gasteiger partial charge in [0.1, 0.15) is 17.6 Å². The van der Waals surface area contributed by atoms with Crippen LogP contribution in [0.2, 0.25) is 0 Å². The second-order valence-corrected chi connectivity index (χ2v) is 5.57. The first-order chi connectivity index (χ1) is 12.4. The second kappa shape index (κ2) is 6.71. The topological polar surface area (TPSA) is 124 Å². The summed E-state index contributed by atoms with van der Waals surface area (Å²) < 4.78 is 10.6. The molecule has 2 aromatic rings. The molecular weight excluding hydrogens is 342 g/mol. The number of hydrogen-bond donors (Lipinski definition) is 2. The molecule has 3 rings (SSSR count). The maximum absolute atomic E-state index is 12.1. The van der Waals surface area contributed by atoms with Crippen LogP contribution in [0.15, 0.2) is 52.1 Å². The summed E-state index contributed by atoms with van der Waals surface area (Å²) in [6, 6.07) is 7.88. The normalized spacial score (nSPS) is 16.7. The first-order valence-corrected chi connectivity index (χ1v) is 7.62. The van der Waals surface area contributed by atoms with Crippen LogP contribution in [0.5, 0.6) is 0 Å². The average Bonchev–Trinajstić information content (AvgIpc) is 3.10. The predicted octanol–water partition coefficient (Wildman–Crippen LogP) is 2.66. The molecule has 0 radical (unpaired) electrons. The molecule has 1 aliphatic heterocycles. The third kappa shape index (κ3) is 3.14. The fourth-order valence-electron chi connectivity index (χ4n) is 2.70. The van der Waals surface area contributed by atoms with Crippen LogP contribution in [-0.4, -0.2) is 24.0 Å². The highest BCUT2D eigenvalue weighted by atomic mass is 16.6. The van der Waals surface area contributed by atoms with Crippen LogP contribution in [0.4, 0.5) is 10.5 Å². The van der Waals surface area contributed by atoms with E-state index in [4.69, 9.17) is 9.15 Å². The number of methoxy groups -OCH3 is 1. The number of carbonyl (C=O) groups is 2. The number of non-ortho nitro benzene ring substituents is 1. The summed E-state index contributed by atoms with van der Waals surface area (Å²) in [5, 5.41) is 15.9. The van der Waals surface area contributed by atoms with Gasteiger partial charge in [-0.15, -0.1) is 0 Å². The Morgan fingerprint density at radius 1 is 1.23 bits per heavy atom. The highest BCUT2D eigenvalue weighted by Gasteiger charge is 2.33. The zero-order chi connectivity index (χ0) is 18.8. The van der Waals surface area contributed by atoms with Crippen LogP contribution in [-0.2, 0) is 9.53 Å². The number of benzene rings is 1. The van der Waals surface area contributed by atoms with E-state index in [0.29, 0.717) is 22.8 Å². The van der Waals surface area contributed by atoms with E-state index in [1.807, 2.05) is 0 Å². The largest absolute Gasteiger partial charge is 0.466 e. The molecule has 1 atom stereocenters. The summed E-state index contributed by atoms with van der Waals surface area (Å²) >= 11 is 0. The van der Waals surface area contributed by atoms with Crippen LogP contribution in [0.1, 0.15) is 18.7 Å². The van der Waals surface area contributed by atoms with Crippen molar-refractivity contribution in [1.82, 2.24) is 10.6 Å². The lowest BCUT2D eigenvalue weighted by atomic mass is 10.0. The molecule has 0 bridgehead atoms. The van der Waals surface area contributed by atoms with Gasteiger partial charge in [0.15, 0.2) is 0 Å². The Kier molecular flexibility index (Phi) is 4.44. The summed E-state index contributed by atoms with van der Waals surface area (Å²) in [6.07, 6.45) is 0. The molecule has 1 aromatic carbocycles. The maximum atomic E-state index is 12.1. The van der Waals surface area contributed by atoms with Gasteiger partial charge in [0.2, 0.25) is 0 Å². The number of furan rings is 1. The summed E-state index contributed by atoms with van der Waals surface area (Å²) in [6.45, 7) is 1.60. The zero-order valence-corrected chi connectivity index (χ0v) is 13.9. The molecule has 1 aliphatic rings. The number of nitrogens with zero attached hydrogens (tertiary/aromatic N) is 1. The standard InChI is InChI=1S/C17H15N3O6/c1-9-14(16(21)25-2)15(19-17(22)18-9)13-8-7-12(26-13)10-3-5-11(6-4-10)20(23)24/h3-8,15H,1-2H3,(H2,18,19,22)/t15-/m0/s1. The molecule has 0 unspecified atom stereocenters. The van der Waals surface area contributed by atoms with E-state index in [2.05, 4.69) is 10.6 Å². The minimum absolute atomic E-state index is 0.0299. The summed E-state index contributed by atoms with van der Waals surface area (Å²) in [5.74, 6) is 0.200. The molecule has 0 aliphatic carbocycles. The van der Waals surface area contributed by atoms with Gasteiger partial charge in [-0.2, -0.15) is 0 Å². The van der Waals surface area contributed by atoms with Gasteiger partial charge < -0.3 is 19.8 Å². The molecule has 0 saturated heterocycles. The highest BCUT2D eigenvalue weighted by Crippen LogP contribution is 2.32. The van der Waals surface area contributed by atoms with Crippen molar-refractivity contribution in [1.29, 1.82) is 0 Å². The van der Waals surface area contributed by atoms with Gasteiger partial charge in [-0.1, -0.05) is 0 Å². The lowest BCUT2D eigenvalue weighted by Gasteiger charge is -2.26. The van der Waals surface area contributed by atoms with E-state index < -0.39 is 23.0 Å². The number of urea groups is 1. The SMILES string of the molecule is COC(=O)C1=C(C)NC(=O)N[C@H]1c1ccc(-c2ccc([N+](=O)[O-])cc2)o1. The first-order valence-electron chi connectivity index (χ1n) is 7.62. The van der Waals surface area contributed by atoms with Crippen LogP contribution < -0.4 is 10.6 Å². The molecule has 26 heavy (non-hydrogen) atoms. The zero-order valence-electron chi connectivity index (χ0n) is 13.9. The van der Waals surface area contributed by atoms with Crippen LogP contribution in [0, 0.1) is 10.1 Å². The smallest absolute Gasteiger partial charge is 0.338 e. The average molecular weight is 357 g/mol. The van der Waals surface area contributed by atoms with Gasteiger partial charge in [0, 0.05) is 23.4 Å². The molecule has 9 heteroatoms. The van der Waals surface area contributed by atoms with E-state index in [0.717, 1.165) is 0 Å². The summed E-state index contributed by atoms with van der Waals surface area (Å²) in [5.41, 5.74) is 1.20. The number of nitro groups is 1. The van der Waals surface area contributed by atoms with Crippen molar-refractivity contribution in [3.63, 3.8) is 0 Å². The van der Waals surface area contributed by atoms with Crippen molar-refractivity contribution in [2.45, 2.75) is 13.0 Å². The lowest BCUT2D eigenvalue weighted by Crippen LogP contribution is -2.45. The number of nitro benzene ring substituents is 1. The predicted molar refractivity (Wildman–Crippen MR) is 89.9 cm³/mol. The number of nitrogens with one attached hydrogen (secondary N) is 2. The molecule has 1 aromatic heterocycles. The molecule has 134 valence electrons. The van der Waals surface area contributed by atoms with Crippen LogP contribution in [0.25, 0.3) is 11.3 Å². The Hall–Kier alpha value is -3.62. The van der Waals surface area contributed by atoms with Gasteiger partial charge in [-0.05, 0) is 31.2 Å². The molecule has 0 spiro atoms. The van der Waals surface area contributed by atoms with Crippen molar-refractivity contribution >= 4 is 17.7 Å². The van der Waals surface area contributed by atoms with Gasteiger partial charge >= 0.3 is 12.0 Å². The van der Waals surface area contributed by atoms with Crippen molar-refractivity contribution in [2.24, 2.45) is 0 Å². The Labute approximate surface area is 147 Å². The van der Waals surface area contributed by atoms with Crippen molar-refractivity contribution in [3.8, 4) is 11.3 Å². The first kappa shape index (κ1) is 17.2. The number of carbonyl (C=O) groups excluding carboxylic acids is 2. The van der Waals surface area contributed by atoms with E-state index in [1.165, 1.54) is 19.2 Å².